The van der Waals surface area contributed by atoms with E-state index >= 15 is 0 Å². The second kappa shape index (κ2) is 6.80. The highest BCUT2D eigenvalue weighted by atomic mass is 16.5. The summed E-state index contributed by atoms with van der Waals surface area (Å²) in [6.45, 7) is 3.64. The second-order valence-electron chi connectivity index (χ2n) is 4.11. The number of amides is 1. The molecule has 0 radical (unpaired) electrons. The van der Waals surface area contributed by atoms with Crippen LogP contribution in [0.2, 0.25) is 0 Å². The van der Waals surface area contributed by atoms with Crippen LogP contribution < -0.4 is 11.1 Å². The summed E-state index contributed by atoms with van der Waals surface area (Å²) in [6.07, 6.45) is 5.02. The molecule has 0 aromatic rings. The van der Waals surface area contributed by atoms with Crippen LogP contribution in [0.15, 0.2) is 0 Å². The Hall–Kier alpha value is -0.610. The van der Waals surface area contributed by atoms with Gasteiger partial charge in [0.15, 0.2) is 0 Å². The molecule has 1 rings (SSSR count). The number of nitrogens with two attached hydrogens (primary N) is 1. The van der Waals surface area contributed by atoms with Gasteiger partial charge in [-0.25, -0.2) is 0 Å². The van der Waals surface area contributed by atoms with Gasteiger partial charge >= 0.3 is 0 Å². The molecule has 4 heteroatoms. The van der Waals surface area contributed by atoms with Gasteiger partial charge in [-0.15, -0.1) is 0 Å². The van der Waals surface area contributed by atoms with Gasteiger partial charge in [0.1, 0.15) is 6.10 Å². The first-order valence-corrected chi connectivity index (χ1v) is 5.88. The molecule has 0 spiro atoms. The molecule has 1 fully saturated rings. The van der Waals surface area contributed by atoms with E-state index in [1.54, 1.807) is 0 Å². The third-order valence-corrected chi connectivity index (χ3v) is 2.89. The van der Waals surface area contributed by atoms with Gasteiger partial charge in [-0.2, -0.15) is 0 Å². The fourth-order valence-corrected chi connectivity index (χ4v) is 1.92. The van der Waals surface area contributed by atoms with Crippen LogP contribution in [0.4, 0.5) is 0 Å². The van der Waals surface area contributed by atoms with E-state index in [0.717, 1.165) is 13.0 Å². The van der Waals surface area contributed by atoms with E-state index in [1.807, 2.05) is 6.92 Å². The van der Waals surface area contributed by atoms with Crippen LogP contribution in [0.1, 0.15) is 39.0 Å². The van der Waals surface area contributed by atoms with Gasteiger partial charge in [0.25, 0.3) is 0 Å². The lowest BCUT2D eigenvalue weighted by atomic mass is 10.0. The maximum atomic E-state index is 10.9. The Balaban J connectivity index is 2.11. The molecule has 0 saturated carbocycles. The molecule has 1 saturated heterocycles. The lowest BCUT2D eigenvalue weighted by Crippen LogP contribution is -2.36. The fraction of sp³-hybridized carbons (Fsp3) is 0.909. The number of hydrogen-bond donors (Lipinski definition) is 2. The molecule has 2 atom stereocenters. The zero-order chi connectivity index (χ0) is 11.1. The van der Waals surface area contributed by atoms with Crippen LogP contribution in [-0.2, 0) is 9.53 Å². The minimum Gasteiger partial charge on any atom is -0.368 e. The molecule has 0 aromatic heterocycles. The maximum absolute atomic E-state index is 10.9. The van der Waals surface area contributed by atoms with Crippen LogP contribution in [0.3, 0.4) is 0 Å². The van der Waals surface area contributed by atoms with Crippen LogP contribution >= 0.6 is 0 Å². The summed E-state index contributed by atoms with van der Waals surface area (Å²) in [7, 11) is 0. The Morgan fingerprint density at radius 3 is 2.93 bits per heavy atom. The molecule has 1 aliphatic heterocycles. The minimum absolute atomic E-state index is 0.353. The summed E-state index contributed by atoms with van der Waals surface area (Å²) in [5.41, 5.74) is 5.19. The molecular weight excluding hydrogens is 192 g/mol. The number of hydrogen-bond acceptors (Lipinski definition) is 3. The van der Waals surface area contributed by atoms with Crippen molar-refractivity contribution in [2.75, 3.05) is 13.2 Å². The fourth-order valence-electron chi connectivity index (χ4n) is 1.92. The number of ether oxygens (including phenoxy) is 1. The lowest BCUT2D eigenvalue weighted by molar-refractivity contribution is -0.129. The third-order valence-electron chi connectivity index (χ3n) is 2.89. The molecule has 1 aliphatic rings. The maximum Gasteiger partial charge on any atom is 0.246 e. The number of piperidine rings is 1. The lowest BCUT2D eigenvalue weighted by Gasteiger charge is -2.23. The molecule has 15 heavy (non-hydrogen) atoms. The SMILES string of the molecule is CCC(OCCC1CCCCN1)C(N)=O. The summed E-state index contributed by atoms with van der Waals surface area (Å²) in [5, 5.41) is 3.44. The van der Waals surface area contributed by atoms with Gasteiger partial charge in [-0.3, -0.25) is 4.79 Å². The van der Waals surface area contributed by atoms with Crippen molar-refractivity contribution in [3.05, 3.63) is 0 Å². The molecule has 1 heterocycles. The second-order valence-corrected chi connectivity index (χ2v) is 4.11. The highest BCUT2D eigenvalue weighted by Crippen LogP contribution is 2.10. The third kappa shape index (κ3) is 4.62. The normalized spacial score (nSPS) is 23.7. The quantitative estimate of drug-likeness (QED) is 0.687. The molecule has 2 unspecified atom stereocenters. The summed E-state index contributed by atoms with van der Waals surface area (Å²) >= 11 is 0. The Morgan fingerprint density at radius 2 is 2.40 bits per heavy atom. The molecule has 0 aliphatic carbocycles. The van der Waals surface area contributed by atoms with Crippen molar-refractivity contribution in [1.82, 2.24) is 5.32 Å². The van der Waals surface area contributed by atoms with Gasteiger partial charge in [0, 0.05) is 12.6 Å². The monoisotopic (exact) mass is 214 g/mol. The van der Waals surface area contributed by atoms with Crippen LogP contribution in [0.25, 0.3) is 0 Å². The average Bonchev–Trinajstić information content (AvgIpc) is 2.25. The molecular formula is C11H22N2O2. The van der Waals surface area contributed by atoms with Crippen LogP contribution in [0.5, 0.6) is 0 Å². The zero-order valence-electron chi connectivity index (χ0n) is 9.50. The zero-order valence-corrected chi connectivity index (χ0v) is 9.50. The molecule has 3 N–H and O–H groups in total. The van der Waals surface area contributed by atoms with E-state index in [-0.39, 0.29) is 5.91 Å². The highest BCUT2D eigenvalue weighted by molar-refractivity contribution is 5.78. The summed E-state index contributed by atoms with van der Waals surface area (Å²) in [5.74, 6) is -0.353. The topological polar surface area (TPSA) is 64.3 Å². The minimum atomic E-state index is -0.409. The number of nitrogens with one attached hydrogen (secondary N) is 1. The van der Waals surface area contributed by atoms with E-state index < -0.39 is 6.10 Å². The Morgan fingerprint density at radius 1 is 1.60 bits per heavy atom. The average molecular weight is 214 g/mol. The Kier molecular flexibility index (Phi) is 5.65. The van der Waals surface area contributed by atoms with Crippen molar-refractivity contribution in [3.63, 3.8) is 0 Å². The molecule has 88 valence electrons. The molecule has 4 nitrogen and oxygen atoms in total. The molecule has 0 bridgehead atoms. The van der Waals surface area contributed by atoms with E-state index in [4.69, 9.17) is 10.5 Å². The van der Waals surface area contributed by atoms with Crippen molar-refractivity contribution in [2.45, 2.75) is 51.2 Å². The van der Waals surface area contributed by atoms with Gasteiger partial charge < -0.3 is 15.8 Å². The first kappa shape index (κ1) is 12.5. The predicted molar refractivity (Wildman–Crippen MR) is 59.5 cm³/mol. The summed E-state index contributed by atoms with van der Waals surface area (Å²) < 4.78 is 5.44. The predicted octanol–water partition coefficient (Wildman–Crippen LogP) is 0.799. The number of primary amides is 1. The number of rotatable bonds is 6. The summed E-state index contributed by atoms with van der Waals surface area (Å²) in [4.78, 5) is 10.9. The standard InChI is InChI=1S/C11H22N2O2/c1-2-10(11(12)14)15-8-6-9-5-3-4-7-13-9/h9-10,13H,2-8H2,1H3,(H2,12,14). The first-order chi connectivity index (χ1) is 7.24. The van der Waals surface area contributed by atoms with Crippen LogP contribution in [-0.4, -0.2) is 31.2 Å². The number of carbonyl (C=O) groups excluding carboxylic acids is 1. The van der Waals surface area contributed by atoms with E-state index in [0.29, 0.717) is 19.1 Å². The molecule has 1 amide bonds. The van der Waals surface area contributed by atoms with Crippen molar-refractivity contribution in [2.24, 2.45) is 5.73 Å². The Bertz CT molecular complexity index is 191. The van der Waals surface area contributed by atoms with E-state index in [9.17, 15) is 4.79 Å². The number of carbonyl (C=O) groups is 1. The van der Waals surface area contributed by atoms with Crippen molar-refractivity contribution in [3.8, 4) is 0 Å². The van der Waals surface area contributed by atoms with Gasteiger partial charge in [0.2, 0.25) is 5.91 Å². The van der Waals surface area contributed by atoms with E-state index in [2.05, 4.69) is 5.32 Å². The molecule has 0 aromatic carbocycles. The van der Waals surface area contributed by atoms with Crippen LogP contribution in [0, 0.1) is 0 Å². The largest absolute Gasteiger partial charge is 0.368 e. The van der Waals surface area contributed by atoms with Crippen molar-refractivity contribution in [1.29, 1.82) is 0 Å². The highest BCUT2D eigenvalue weighted by Gasteiger charge is 2.15. The van der Waals surface area contributed by atoms with Gasteiger partial charge in [-0.1, -0.05) is 13.3 Å². The van der Waals surface area contributed by atoms with Gasteiger partial charge in [-0.05, 0) is 32.2 Å². The van der Waals surface area contributed by atoms with Crippen molar-refractivity contribution >= 4 is 5.91 Å². The Labute approximate surface area is 91.5 Å². The smallest absolute Gasteiger partial charge is 0.246 e. The van der Waals surface area contributed by atoms with Crippen molar-refractivity contribution < 1.29 is 9.53 Å². The van der Waals surface area contributed by atoms with Gasteiger partial charge in [0.05, 0.1) is 0 Å². The van der Waals surface area contributed by atoms with E-state index in [1.165, 1.54) is 19.3 Å². The first-order valence-electron chi connectivity index (χ1n) is 5.88. The summed E-state index contributed by atoms with van der Waals surface area (Å²) in [6, 6.07) is 0.559.